The molecular formula is C39H48ClN3O10. The van der Waals surface area contributed by atoms with Crippen molar-refractivity contribution >= 4 is 35.4 Å². The van der Waals surface area contributed by atoms with E-state index in [1.165, 1.54) is 40.4 Å². The number of amides is 4. The number of benzene rings is 3. The SMILES string of the molecule is CCC(NC(=O)N1CC(=O)N(Cc2c(OC)cc(OC)cc2OC)CC(Cc2cc(Cl)ccc2OC)C1=O)c1ccc(OC)c(C(=O)OC(C)(C)C)c1. The van der Waals surface area contributed by atoms with Crippen molar-refractivity contribution in [3.05, 3.63) is 75.8 Å². The first kappa shape index (κ1) is 40.6. The molecule has 3 aromatic rings. The molecule has 1 saturated heterocycles. The molecule has 0 aromatic heterocycles. The molecule has 0 spiro atoms. The number of urea groups is 1. The number of nitrogens with zero attached hydrogens (tertiary/aromatic N) is 2. The van der Waals surface area contributed by atoms with Gasteiger partial charge in [-0.2, -0.15) is 0 Å². The van der Waals surface area contributed by atoms with Crippen LogP contribution in [0.5, 0.6) is 28.7 Å². The monoisotopic (exact) mass is 753 g/mol. The van der Waals surface area contributed by atoms with Crippen LogP contribution in [0, 0.1) is 5.92 Å². The third-order valence-corrected chi connectivity index (χ3v) is 9.01. The van der Waals surface area contributed by atoms with Crippen molar-refractivity contribution < 1.29 is 47.6 Å². The van der Waals surface area contributed by atoms with Crippen molar-refractivity contribution in [2.75, 3.05) is 48.6 Å². The lowest BCUT2D eigenvalue weighted by Gasteiger charge is -2.26. The molecule has 53 heavy (non-hydrogen) atoms. The van der Waals surface area contributed by atoms with Crippen LogP contribution in [0.1, 0.15) is 67.2 Å². The van der Waals surface area contributed by atoms with Gasteiger partial charge < -0.3 is 38.6 Å². The lowest BCUT2D eigenvalue weighted by atomic mass is 9.96. The van der Waals surface area contributed by atoms with E-state index in [1.54, 1.807) is 69.3 Å². The Hall–Kier alpha value is -5.17. The van der Waals surface area contributed by atoms with Gasteiger partial charge in [-0.3, -0.25) is 14.5 Å². The first-order valence-electron chi connectivity index (χ1n) is 17.1. The van der Waals surface area contributed by atoms with Gasteiger partial charge in [-0.05, 0) is 75.1 Å². The van der Waals surface area contributed by atoms with E-state index < -0.39 is 47.9 Å². The van der Waals surface area contributed by atoms with Crippen LogP contribution in [0.25, 0.3) is 0 Å². The van der Waals surface area contributed by atoms with Crippen LogP contribution in [0.3, 0.4) is 0 Å². The maximum absolute atomic E-state index is 14.4. The summed E-state index contributed by atoms with van der Waals surface area (Å²) < 4.78 is 33.2. The molecule has 286 valence electrons. The fourth-order valence-electron chi connectivity index (χ4n) is 6.14. The van der Waals surface area contributed by atoms with Crippen molar-refractivity contribution in [2.45, 2.75) is 58.7 Å². The highest BCUT2D eigenvalue weighted by molar-refractivity contribution is 6.30. The van der Waals surface area contributed by atoms with Crippen LogP contribution < -0.4 is 29.0 Å². The normalized spacial score (nSPS) is 15.3. The second-order valence-corrected chi connectivity index (χ2v) is 13.9. The van der Waals surface area contributed by atoms with Crippen LogP contribution in [-0.4, -0.2) is 87.9 Å². The average Bonchev–Trinajstić information content (AvgIpc) is 3.24. The summed E-state index contributed by atoms with van der Waals surface area (Å²) in [5, 5.41) is 3.35. The van der Waals surface area contributed by atoms with Gasteiger partial charge in [-0.25, -0.2) is 9.59 Å². The van der Waals surface area contributed by atoms with Gasteiger partial charge in [-0.15, -0.1) is 0 Å². The van der Waals surface area contributed by atoms with E-state index in [0.717, 1.165) is 4.90 Å². The maximum atomic E-state index is 14.4. The van der Waals surface area contributed by atoms with Gasteiger partial charge in [0, 0.05) is 23.7 Å². The zero-order chi connectivity index (χ0) is 39.0. The predicted octanol–water partition coefficient (Wildman–Crippen LogP) is 6.23. The average molecular weight is 754 g/mol. The molecule has 0 saturated carbocycles. The van der Waals surface area contributed by atoms with Crippen LogP contribution in [-0.2, 0) is 27.3 Å². The summed E-state index contributed by atoms with van der Waals surface area (Å²) in [6.07, 6.45) is 0.510. The summed E-state index contributed by atoms with van der Waals surface area (Å²) in [5.41, 5.74) is 1.20. The standard InChI is InChI=1S/C39H48ClN3O10/c1-10-30(23-11-13-32(50-7)28(17-23)37(46)53-39(2,3)4)41-38(47)43-22-35(44)42(21-29-33(51-8)18-27(48-5)19-34(29)52-9)20-25(36(43)45)15-24-16-26(40)12-14-31(24)49-6/h11-14,16-19,25,30H,10,15,20-22H2,1-9H3,(H,41,47). The summed E-state index contributed by atoms with van der Waals surface area (Å²) in [5.74, 6) is -0.357. The minimum Gasteiger partial charge on any atom is -0.496 e. The Kier molecular flexibility index (Phi) is 13.5. The van der Waals surface area contributed by atoms with Crippen LogP contribution in [0.15, 0.2) is 48.5 Å². The molecular weight excluding hydrogens is 706 g/mol. The first-order valence-corrected chi connectivity index (χ1v) is 17.5. The number of rotatable bonds is 13. The highest BCUT2D eigenvalue weighted by atomic mass is 35.5. The second-order valence-electron chi connectivity index (χ2n) is 13.4. The van der Waals surface area contributed by atoms with Crippen LogP contribution in [0.2, 0.25) is 5.02 Å². The predicted molar refractivity (Wildman–Crippen MR) is 198 cm³/mol. The molecule has 4 amide bonds. The molecule has 1 aliphatic heterocycles. The molecule has 1 heterocycles. The smallest absolute Gasteiger partial charge is 0.342 e. The van der Waals surface area contributed by atoms with Crippen molar-refractivity contribution in [1.29, 1.82) is 0 Å². The number of methoxy groups -OCH3 is 5. The van der Waals surface area contributed by atoms with Crippen molar-refractivity contribution in [3.8, 4) is 28.7 Å². The van der Waals surface area contributed by atoms with E-state index in [4.69, 9.17) is 40.0 Å². The minimum absolute atomic E-state index is 0.0119. The van der Waals surface area contributed by atoms with Crippen molar-refractivity contribution in [2.24, 2.45) is 5.92 Å². The Morgan fingerprint density at radius 3 is 2.06 bits per heavy atom. The van der Waals surface area contributed by atoms with Crippen molar-refractivity contribution in [3.63, 3.8) is 0 Å². The van der Waals surface area contributed by atoms with E-state index in [-0.39, 0.29) is 25.1 Å². The van der Waals surface area contributed by atoms with Gasteiger partial charge in [0.05, 0.1) is 59.6 Å². The molecule has 1 fully saturated rings. The van der Waals surface area contributed by atoms with Gasteiger partial charge in [0.15, 0.2) is 0 Å². The zero-order valence-electron chi connectivity index (χ0n) is 31.7. The number of esters is 1. The second kappa shape index (κ2) is 17.6. The fraction of sp³-hybridized carbons (Fsp3) is 0.436. The number of hydrogen-bond acceptors (Lipinski definition) is 10. The van der Waals surface area contributed by atoms with Gasteiger partial charge in [0.25, 0.3) is 0 Å². The Balaban J connectivity index is 1.71. The fourth-order valence-corrected chi connectivity index (χ4v) is 6.33. The lowest BCUT2D eigenvalue weighted by Crippen LogP contribution is -2.48. The Morgan fingerprint density at radius 1 is 0.868 bits per heavy atom. The molecule has 2 atom stereocenters. The van der Waals surface area contributed by atoms with E-state index in [9.17, 15) is 19.2 Å². The molecule has 14 heteroatoms. The number of hydrogen-bond donors (Lipinski definition) is 1. The van der Waals surface area contributed by atoms with E-state index in [2.05, 4.69) is 5.32 Å². The van der Waals surface area contributed by atoms with Gasteiger partial charge in [0.1, 0.15) is 46.5 Å². The highest BCUT2D eigenvalue weighted by Gasteiger charge is 2.39. The zero-order valence-corrected chi connectivity index (χ0v) is 32.4. The quantitative estimate of drug-likeness (QED) is 0.200. The molecule has 2 unspecified atom stereocenters. The Bertz CT molecular complexity index is 1800. The highest BCUT2D eigenvalue weighted by Crippen LogP contribution is 2.36. The summed E-state index contributed by atoms with van der Waals surface area (Å²) in [7, 11) is 7.47. The number of halogens is 1. The molecule has 0 aliphatic carbocycles. The van der Waals surface area contributed by atoms with Gasteiger partial charge in [0.2, 0.25) is 11.8 Å². The van der Waals surface area contributed by atoms with E-state index >= 15 is 0 Å². The number of carbonyl (C=O) groups is 4. The van der Waals surface area contributed by atoms with Gasteiger partial charge in [-0.1, -0.05) is 24.6 Å². The van der Waals surface area contributed by atoms with Crippen molar-refractivity contribution in [1.82, 2.24) is 15.1 Å². The van der Waals surface area contributed by atoms with Crippen LogP contribution >= 0.6 is 11.6 Å². The molecule has 3 aromatic carbocycles. The largest absolute Gasteiger partial charge is 0.496 e. The lowest BCUT2D eigenvalue weighted by molar-refractivity contribution is -0.135. The summed E-state index contributed by atoms with van der Waals surface area (Å²) >= 11 is 6.35. The first-order chi connectivity index (χ1) is 25.2. The number of imide groups is 1. The molecule has 0 bridgehead atoms. The molecule has 1 N–H and O–H groups in total. The number of ether oxygens (including phenoxy) is 6. The summed E-state index contributed by atoms with van der Waals surface area (Å²) in [6.45, 7) is 6.58. The third kappa shape index (κ3) is 9.83. The van der Waals surface area contributed by atoms with Gasteiger partial charge >= 0.3 is 12.0 Å². The van der Waals surface area contributed by atoms with Crippen LogP contribution in [0.4, 0.5) is 4.79 Å². The minimum atomic E-state index is -0.880. The molecule has 0 radical (unpaired) electrons. The topological polar surface area (TPSA) is 142 Å². The molecule has 13 nitrogen and oxygen atoms in total. The number of nitrogens with one attached hydrogen (secondary N) is 1. The summed E-state index contributed by atoms with van der Waals surface area (Å²) in [6, 6.07) is 12.0. The van der Waals surface area contributed by atoms with E-state index in [1.807, 2.05) is 6.92 Å². The van der Waals surface area contributed by atoms with E-state index in [0.29, 0.717) is 56.9 Å². The third-order valence-electron chi connectivity index (χ3n) is 8.77. The molecule has 4 rings (SSSR count). The Morgan fingerprint density at radius 2 is 1.49 bits per heavy atom. The molecule has 1 aliphatic rings. The maximum Gasteiger partial charge on any atom is 0.342 e. The summed E-state index contributed by atoms with van der Waals surface area (Å²) in [4.78, 5) is 58.1. The number of carbonyl (C=O) groups excluding carboxylic acids is 4. The Labute approximate surface area is 315 Å².